The molecule has 1 aliphatic carbocycles. The summed E-state index contributed by atoms with van der Waals surface area (Å²) in [6, 6.07) is 16.1. The molecule has 0 atom stereocenters. The third-order valence-corrected chi connectivity index (χ3v) is 4.64. The molecule has 4 rings (SSSR count). The van der Waals surface area contributed by atoms with Crippen LogP contribution in [0.15, 0.2) is 48.5 Å². The van der Waals surface area contributed by atoms with E-state index < -0.39 is 5.79 Å². The van der Waals surface area contributed by atoms with E-state index in [1.807, 2.05) is 36.4 Å². The number of para-hydroxylation sites is 1. The summed E-state index contributed by atoms with van der Waals surface area (Å²) in [5, 5.41) is 0. The first kappa shape index (κ1) is 14.4. The summed E-state index contributed by atoms with van der Waals surface area (Å²) in [7, 11) is 0. The minimum atomic E-state index is -0.423. The van der Waals surface area contributed by atoms with Gasteiger partial charge in [0.1, 0.15) is 17.2 Å². The molecule has 1 heterocycles. The Morgan fingerprint density at radius 1 is 0.913 bits per heavy atom. The summed E-state index contributed by atoms with van der Waals surface area (Å²) in [4.78, 5) is 0. The van der Waals surface area contributed by atoms with E-state index in [1.165, 1.54) is 24.8 Å². The van der Waals surface area contributed by atoms with E-state index in [4.69, 9.17) is 14.2 Å². The third-order valence-electron chi connectivity index (χ3n) is 4.64. The normalized spacial score (nSPS) is 18.1. The molecule has 3 heteroatoms. The fourth-order valence-corrected chi connectivity index (χ4v) is 3.43. The molecule has 0 unspecified atom stereocenters. The Morgan fingerprint density at radius 2 is 1.74 bits per heavy atom. The molecule has 2 bridgehead atoms. The Hall–Kier alpha value is -2.16. The van der Waals surface area contributed by atoms with Crippen LogP contribution >= 0.6 is 0 Å². The average Bonchev–Trinajstić information content (AvgIpc) is 2.58. The number of fused-ring (bicyclic) bond motifs is 2. The zero-order chi connectivity index (χ0) is 15.5. The van der Waals surface area contributed by atoms with Crippen LogP contribution in [0.5, 0.6) is 17.2 Å². The third kappa shape index (κ3) is 3.14. The summed E-state index contributed by atoms with van der Waals surface area (Å²) in [6.07, 6.45) is 6.43. The van der Waals surface area contributed by atoms with Crippen molar-refractivity contribution in [3.63, 3.8) is 0 Å². The highest BCUT2D eigenvalue weighted by molar-refractivity contribution is 5.43. The number of hydrogen-bond donors (Lipinski definition) is 0. The summed E-state index contributed by atoms with van der Waals surface area (Å²) in [5.41, 5.74) is 1.19. The van der Waals surface area contributed by atoms with Crippen LogP contribution in [0.1, 0.15) is 37.7 Å². The molecule has 1 saturated carbocycles. The van der Waals surface area contributed by atoms with Crippen LogP contribution in [0.25, 0.3) is 0 Å². The molecule has 0 saturated heterocycles. The Balaban J connectivity index is 1.43. The Morgan fingerprint density at radius 3 is 2.57 bits per heavy atom. The van der Waals surface area contributed by atoms with Gasteiger partial charge in [0.05, 0.1) is 6.61 Å². The molecular weight excluding hydrogens is 288 g/mol. The lowest BCUT2D eigenvalue weighted by Crippen LogP contribution is -2.46. The van der Waals surface area contributed by atoms with Crippen LogP contribution in [0.3, 0.4) is 0 Å². The maximum atomic E-state index is 6.28. The second kappa shape index (κ2) is 6.15. The predicted molar refractivity (Wildman–Crippen MR) is 89.2 cm³/mol. The first-order valence-corrected chi connectivity index (χ1v) is 8.52. The van der Waals surface area contributed by atoms with Gasteiger partial charge in [-0.15, -0.1) is 0 Å². The van der Waals surface area contributed by atoms with Crippen molar-refractivity contribution in [2.75, 3.05) is 6.61 Å². The van der Waals surface area contributed by atoms with Crippen LogP contribution in [-0.2, 0) is 6.42 Å². The van der Waals surface area contributed by atoms with Crippen LogP contribution in [0.4, 0.5) is 0 Å². The predicted octanol–water partition coefficient (Wildman–Crippen LogP) is 4.74. The van der Waals surface area contributed by atoms with Crippen molar-refractivity contribution in [1.82, 2.24) is 0 Å². The molecule has 2 aliphatic rings. The minimum absolute atomic E-state index is 0.423. The lowest BCUT2D eigenvalue weighted by Gasteiger charge is -2.41. The average molecular weight is 310 g/mol. The molecule has 2 aromatic carbocycles. The minimum Gasteiger partial charge on any atom is -0.493 e. The van der Waals surface area contributed by atoms with Gasteiger partial charge in [-0.1, -0.05) is 30.7 Å². The van der Waals surface area contributed by atoms with Crippen molar-refractivity contribution in [2.24, 2.45) is 0 Å². The van der Waals surface area contributed by atoms with Crippen LogP contribution in [0, 0.1) is 0 Å². The molecule has 1 fully saturated rings. The molecule has 1 spiro atoms. The van der Waals surface area contributed by atoms with E-state index in [0.29, 0.717) is 6.61 Å². The summed E-state index contributed by atoms with van der Waals surface area (Å²) in [6.45, 7) is 0.646. The molecule has 0 aromatic heterocycles. The van der Waals surface area contributed by atoms with Gasteiger partial charge in [-0.25, -0.2) is 0 Å². The molecular formula is C20H22O3. The van der Waals surface area contributed by atoms with E-state index in [9.17, 15) is 0 Å². The van der Waals surface area contributed by atoms with Gasteiger partial charge in [0.25, 0.3) is 5.79 Å². The number of ether oxygens (including phenoxy) is 3. The SMILES string of the molecule is c1ccc(OCCc2ccc3cc2OC2(CCCCC2)O3)cc1. The number of benzene rings is 2. The largest absolute Gasteiger partial charge is 0.493 e. The van der Waals surface area contributed by atoms with Crippen LogP contribution in [0.2, 0.25) is 0 Å². The van der Waals surface area contributed by atoms with Gasteiger partial charge in [-0.2, -0.15) is 0 Å². The van der Waals surface area contributed by atoms with Crippen molar-refractivity contribution in [1.29, 1.82) is 0 Å². The van der Waals surface area contributed by atoms with Crippen molar-refractivity contribution < 1.29 is 14.2 Å². The van der Waals surface area contributed by atoms with Gasteiger partial charge in [-0.05, 0) is 36.6 Å². The first-order chi connectivity index (χ1) is 11.3. The summed E-state index contributed by atoms with van der Waals surface area (Å²) < 4.78 is 18.2. The molecule has 0 radical (unpaired) electrons. The van der Waals surface area contributed by atoms with Gasteiger partial charge in [-0.3, -0.25) is 0 Å². The number of rotatable bonds is 4. The van der Waals surface area contributed by atoms with Gasteiger partial charge >= 0.3 is 0 Å². The molecule has 0 amide bonds. The standard InChI is InChI=1S/C20H22O3/c1-3-7-17(8-4-1)21-14-11-16-9-10-18-15-19(16)23-20(22-18)12-5-2-6-13-20/h1,3-4,7-10,15H,2,5-6,11-14H2. The highest BCUT2D eigenvalue weighted by Crippen LogP contribution is 2.41. The second-order valence-electron chi connectivity index (χ2n) is 6.36. The quantitative estimate of drug-likeness (QED) is 0.816. The van der Waals surface area contributed by atoms with Crippen molar-refractivity contribution in [3.05, 3.63) is 54.1 Å². The van der Waals surface area contributed by atoms with Crippen LogP contribution in [-0.4, -0.2) is 12.4 Å². The Bertz CT molecular complexity index is 660. The highest BCUT2D eigenvalue weighted by atomic mass is 16.7. The zero-order valence-corrected chi connectivity index (χ0v) is 13.3. The summed E-state index contributed by atoms with van der Waals surface area (Å²) >= 11 is 0. The van der Waals surface area contributed by atoms with Crippen molar-refractivity contribution >= 4 is 0 Å². The van der Waals surface area contributed by atoms with Crippen LogP contribution < -0.4 is 14.2 Å². The van der Waals surface area contributed by atoms with E-state index in [0.717, 1.165) is 36.5 Å². The summed E-state index contributed by atoms with van der Waals surface area (Å²) in [5.74, 6) is 2.38. The Kier molecular flexibility index (Phi) is 3.86. The molecule has 3 nitrogen and oxygen atoms in total. The maximum Gasteiger partial charge on any atom is 0.251 e. The number of hydrogen-bond acceptors (Lipinski definition) is 3. The molecule has 23 heavy (non-hydrogen) atoms. The fraction of sp³-hybridized carbons (Fsp3) is 0.400. The van der Waals surface area contributed by atoms with Crippen molar-refractivity contribution in [3.8, 4) is 17.2 Å². The first-order valence-electron chi connectivity index (χ1n) is 8.52. The monoisotopic (exact) mass is 310 g/mol. The lowest BCUT2D eigenvalue weighted by atomic mass is 9.93. The topological polar surface area (TPSA) is 27.7 Å². The molecule has 120 valence electrons. The molecule has 1 aliphatic heterocycles. The maximum absolute atomic E-state index is 6.28. The second-order valence-corrected chi connectivity index (χ2v) is 6.36. The Labute approximate surface area is 137 Å². The fourth-order valence-electron chi connectivity index (χ4n) is 3.43. The highest BCUT2D eigenvalue weighted by Gasteiger charge is 2.39. The smallest absolute Gasteiger partial charge is 0.251 e. The van der Waals surface area contributed by atoms with E-state index in [2.05, 4.69) is 12.1 Å². The lowest BCUT2D eigenvalue weighted by molar-refractivity contribution is -0.145. The van der Waals surface area contributed by atoms with E-state index in [1.54, 1.807) is 0 Å². The zero-order valence-electron chi connectivity index (χ0n) is 13.3. The van der Waals surface area contributed by atoms with E-state index >= 15 is 0 Å². The van der Waals surface area contributed by atoms with Gasteiger partial charge in [0.2, 0.25) is 0 Å². The van der Waals surface area contributed by atoms with Gasteiger partial charge in [0.15, 0.2) is 0 Å². The van der Waals surface area contributed by atoms with Crippen molar-refractivity contribution in [2.45, 2.75) is 44.3 Å². The molecule has 2 aromatic rings. The van der Waals surface area contributed by atoms with E-state index in [-0.39, 0.29) is 0 Å². The molecule has 0 N–H and O–H groups in total. The van der Waals surface area contributed by atoms with Gasteiger partial charge < -0.3 is 14.2 Å². The van der Waals surface area contributed by atoms with Gasteiger partial charge in [0, 0.05) is 25.3 Å².